The maximum absolute atomic E-state index is 13.0. The lowest BCUT2D eigenvalue weighted by atomic mass is 9.87. The Labute approximate surface area is 129 Å². The summed E-state index contributed by atoms with van der Waals surface area (Å²) in [4.78, 5) is 0.935. The molecule has 0 radical (unpaired) electrons. The normalized spacial score (nSPS) is 22.5. The first-order valence-electron chi connectivity index (χ1n) is 7.58. The van der Waals surface area contributed by atoms with Gasteiger partial charge in [0, 0.05) is 10.9 Å². The van der Waals surface area contributed by atoms with E-state index in [0.717, 1.165) is 24.3 Å². The van der Waals surface area contributed by atoms with Crippen molar-refractivity contribution in [3.63, 3.8) is 0 Å². The monoisotopic (exact) mass is 299 g/mol. The minimum absolute atomic E-state index is 0.141. The molecule has 0 aromatic heterocycles. The van der Waals surface area contributed by atoms with Crippen LogP contribution in [0.3, 0.4) is 0 Å². The van der Waals surface area contributed by atoms with Gasteiger partial charge in [-0.2, -0.15) is 0 Å². The molecule has 110 valence electrons. The van der Waals surface area contributed by atoms with Gasteiger partial charge in [-0.25, -0.2) is 0 Å². The van der Waals surface area contributed by atoms with Crippen LogP contribution in [0.15, 0.2) is 59.5 Å². The van der Waals surface area contributed by atoms with E-state index in [1.54, 1.807) is 0 Å². The Morgan fingerprint density at radius 3 is 2.57 bits per heavy atom. The molecule has 21 heavy (non-hydrogen) atoms. The average molecular weight is 299 g/mol. The van der Waals surface area contributed by atoms with Crippen molar-refractivity contribution >= 4 is 10.8 Å². The van der Waals surface area contributed by atoms with E-state index in [2.05, 4.69) is 36.5 Å². The maximum Gasteiger partial charge on any atom is 0.0592 e. The zero-order chi connectivity index (χ0) is 14.7. The molecule has 1 N–H and O–H groups in total. The molecule has 3 rings (SSSR count). The van der Waals surface area contributed by atoms with E-state index in [-0.39, 0.29) is 11.3 Å². The Morgan fingerprint density at radius 1 is 1.10 bits per heavy atom. The molecule has 3 heteroatoms. The van der Waals surface area contributed by atoms with Crippen molar-refractivity contribution in [2.24, 2.45) is 0 Å². The van der Waals surface area contributed by atoms with Gasteiger partial charge in [-0.3, -0.25) is 4.21 Å². The second kappa shape index (κ2) is 6.54. The van der Waals surface area contributed by atoms with Crippen molar-refractivity contribution in [2.75, 3.05) is 6.54 Å². The number of fused-ring (bicyclic) bond motifs is 1. The molecule has 1 aliphatic carbocycles. The lowest BCUT2D eigenvalue weighted by molar-refractivity contribution is 0.474. The van der Waals surface area contributed by atoms with Crippen molar-refractivity contribution in [1.82, 2.24) is 5.32 Å². The maximum atomic E-state index is 13.0. The first-order chi connectivity index (χ1) is 10.3. The highest BCUT2D eigenvalue weighted by Gasteiger charge is 2.33. The largest absolute Gasteiger partial charge is 0.309 e. The van der Waals surface area contributed by atoms with Crippen molar-refractivity contribution < 1.29 is 4.21 Å². The quantitative estimate of drug-likeness (QED) is 0.937. The molecule has 0 heterocycles. The van der Waals surface area contributed by atoms with Crippen LogP contribution in [0.5, 0.6) is 0 Å². The number of nitrogens with one attached hydrogen (secondary N) is 1. The lowest BCUT2D eigenvalue weighted by Crippen LogP contribution is -2.38. The van der Waals surface area contributed by atoms with Gasteiger partial charge in [0.15, 0.2) is 0 Å². The SMILES string of the molecule is CCNC1c2ccccc2CCC1S(=O)c1ccccc1. The molecule has 0 aliphatic heterocycles. The Bertz CT molecular complexity index is 626. The Morgan fingerprint density at radius 2 is 1.81 bits per heavy atom. The summed E-state index contributed by atoms with van der Waals surface area (Å²) in [6.07, 6.45) is 1.98. The van der Waals surface area contributed by atoms with Gasteiger partial charge in [-0.15, -0.1) is 0 Å². The molecule has 1 aliphatic rings. The summed E-state index contributed by atoms with van der Waals surface area (Å²) < 4.78 is 13.0. The van der Waals surface area contributed by atoms with Gasteiger partial charge < -0.3 is 5.32 Å². The molecule has 3 unspecified atom stereocenters. The molecule has 2 aromatic rings. The van der Waals surface area contributed by atoms with E-state index in [1.807, 2.05) is 30.3 Å². The van der Waals surface area contributed by atoms with Crippen molar-refractivity contribution in [3.8, 4) is 0 Å². The van der Waals surface area contributed by atoms with Gasteiger partial charge in [-0.05, 0) is 42.6 Å². The van der Waals surface area contributed by atoms with E-state index in [0.29, 0.717) is 0 Å². The number of hydrogen-bond acceptors (Lipinski definition) is 2. The van der Waals surface area contributed by atoms with E-state index in [9.17, 15) is 4.21 Å². The molecule has 0 bridgehead atoms. The number of aryl methyl sites for hydroxylation is 1. The summed E-state index contributed by atoms with van der Waals surface area (Å²) in [5.41, 5.74) is 2.71. The summed E-state index contributed by atoms with van der Waals surface area (Å²) in [5, 5.41) is 3.69. The molecule has 0 saturated carbocycles. The van der Waals surface area contributed by atoms with Gasteiger partial charge in [0.1, 0.15) is 0 Å². The van der Waals surface area contributed by atoms with Crippen molar-refractivity contribution in [2.45, 2.75) is 36.0 Å². The van der Waals surface area contributed by atoms with E-state index in [4.69, 9.17) is 0 Å². The number of benzene rings is 2. The third kappa shape index (κ3) is 2.94. The standard InChI is InChI=1S/C18H21NOS/c1-2-19-18-16-11-7-6-8-14(16)12-13-17(18)21(20)15-9-4-3-5-10-15/h3-11,17-19H,2,12-13H2,1H3. The van der Waals surface area contributed by atoms with E-state index < -0.39 is 10.8 Å². The predicted molar refractivity (Wildman–Crippen MR) is 87.8 cm³/mol. The summed E-state index contributed by atoms with van der Waals surface area (Å²) in [5.74, 6) is 0. The zero-order valence-corrected chi connectivity index (χ0v) is 13.1. The Balaban J connectivity index is 1.94. The predicted octanol–water partition coefficient (Wildman–Crippen LogP) is 3.46. The lowest BCUT2D eigenvalue weighted by Gasteiger charge is -2.33. The first-order valence-corrected chi connectivity index (χ1v) is 8.79. The first kappa shape index (κ1) is 14.5. The number of rotatable bonds is 4. The topological polar surface area (TPSA) is 29.1 Å². The minimum atomic E-state index is -0.971. The van der Waals surface area contributed by atoms with Crippen molar-refractivity contribution in [1.29, 1.82) is 0 Å². The summed E-state index contributed by atoms with van der Waals surface area (Å²) in [6.45, 7) is 3.00. The highest BCUT2D eigenvalue weighted by molar-refractivity contribution is 7.85. The van der Waals surface area contributed by atoms with Crippen LogP contribution in [-0.2, 0) is 17.2 Å². The van der Waals surface area contributed by atoms with Crippen LogP contribution in [0.25, 0.3) is 0 Å². The second-order valence-electron chi connectivity index (χ2n) is 5.42. The third-order valence-electron chi connectivity index (χ3n) is 4.13. The van der Waals surface area contributed by atoms with E-state index >= 15 is 0 Å². The molecule has 0 saturated heterocycles. The smallest absolute Gasteiger partial charge is 0.0592 e. The van der Waals surface area contributed by atoms with Crippen LogP contribution in [0.4, 0.5) is 0 Å². The number of hydrogen-bond donors (Lipinski definition) is 1. The van der Waals surface area contributed by atoms with Gasteiger partial charge in [0.25, 0.3) is 0 Å². The van der Waals surface area contributed by atoms with E-state index in [1.165, 1.54) is 11.1 Å². The molecule has 3 atom stereocenters. The highest BCUT2D eigenvalue weighted by atomic mass is 32.2. The van der Waals surface area contributed by atoms with Crippen LogP contribution in [0.1, 0.15) is 30.5 Å². The molecular formula is C18H21NOS. The zero-order valence-electron chi connectivity index (χ0n) is 12.3. The Kier molecular flexibility index (Phi) is 4.51. The fraction of sp³-hybridized carbons (Fsp3) is 0.333. The molecule has 0 fully saturated rings. The van der Waals surface area contributed by atoms with Gasteiger partial charge in [0.2, 0.25) is 0 Å². The fourth-order valence-electron chi connectivity index (χ4n) is 3.15. The van der Waals surface area contributed by atoms with Crippen LogP contribution < -0.4 is 5.32 Å². The van der Waals surface area contributed by atoms with Gasteiger partial charge in [0.05, 0.1) is 16.0 Å². The average Bonchev–Trinajstić information content (AvgIpc) is 2.55. The van der Waals surface area contributed by atoms with Crippen LogP contribution in [0.2, 0.25) is 0 Å². The summed E-state index contributed by atoms with van der Waals surface area (Å²) in [6, 6.07) is 18.6. The Hall–Kier alpha value is -1.45. The second-order valence-corrected chi connectivity index (χ2v) is 7.09. The summed E-state index contributed by atoms with van der Waals surface area (Å²) >= 11 is 0. The molecule has 2 nitrogen and oxygen atoms in total. The third-order valence-corrected chi connectivity index (χ3v) is 5.93. The fourth-order valence-corrected chi connectivity index (χ4v) is 4.75. The highest BCUT2D eigenvalue weighted by Crippen LogP contribution is 2.34. The van der Waals surface area contributed by atoms with Gasteiger partial charge in [-0.1, -0.05) is 49.4 Å². The minimum Gasteiger partial charge on any atom is -0.309 e. The molecule has 0 amide bonds. The van der Waals surface area contributed by atoms with Crippen LogP contribution in [0, 0.1) is 0 Å². The molecular weight excluding hydrogens is 278 g/mol. The van der Waals surface area contributed by atoms with Crippen LogP contribution >= 0.6 is 0 Å². The van der Waals surface area contributed by atoms with Crippen LogP contribution in [-0.4, -0.2) is 16.0 Å². The molecule has 0 spiro atoms. The van der Waals surface area contributed by atoms with Gasteiger partial charge >= 0.3 is 0 Å². The van der Waals surface area contributed by atoms with Crippen molar-refractivity contribution in [3.05, 3.63) is 65.7 Å². The molecule has 2 aromatic carbocycles. The summed E-state index contributed by atoms with van der Waals surface area (Å²) in [7, 11) is -0.971.